The highest BCUT2D eigenvalue weighted by Gasteiger charge is 2.09. The zero-order valence-corrected chi connectivity index (χ0v) is 10.1. The van der Waals surface area contributed by atoms with E-state index in [1.807, 2.05) is 0 Å². The molecule has 0 aromatic heterocycles. The predicted molar refractivity (Wildman–Crippen MR) is 70.8 cm³/mol. The summed E-state index contributed by atoms with van der Waals surface area (Å²) in [6, 6.07) is 9.22. The lowest BCUT2D eigenvalue weighted by molar-refractivity contribution is 0.672. The van der Waals surface area contributed by atoms with Gasteiger partial charge in [0.1, 0.15) is 0 Å². The Morgan fingerprint density at radius 3 is 2.94 bits per heavy atom. The van der Waals surface area contributed by atoms with Gasteiger partial charge in [-0.1, -0.05) is 43.7 Å². The van der Waals surface area contributed by atoms with E-state index in [0.29, 0.717) is 6.04 Å². The van der Waals surface area contributed by atoms with Crippen molar-refractivity contribution in [3.63, 3.8) is 0 Å². The summed E-state index contributed by atoms with van der Waals surface area (Å²) in [5, 5.41) is 3.65. The first-order valence-electron chi connectivity index (χ1n) is 6.41. The molecule has 2 rings (SSSR count). The van der Waals surface area contributed by atoms with Gasteiger partial charge in [-0.15, -0.1) is 0 Å². The summed E-state index contributed by atoms with van der Waals surface area (Å²) >= 11 is 0. The van der Waals surface area contributed by atoms with E-state index in [9.17, 15) is 0 Å². The van der Waals surface area contributed by atoms with Crippen molar-refractivity contribution < 1.29 is 0 Å². The first-order valence-corrected chi connectivity index (χ1v) is 6.41. The van der Waals surface area contributed by atoms with E-state index in [4.69, 9.17) is 0 Å². The molecule has 86 valence electrons. The van der Waals surface area contributed by atoms with Gasteiger partial charge in [-0.2, -0.15) is 0 Å². The van der Waals surface area contributed by atoms with Crippen LogP contribution in [0.4, 0.5) is 5.69 Å². The number of benzene rings is 1. The maximum atomic E-state index is 3.65. The maximum Gasteiger partial charge on any atom is 0.0444 e. The molecule has 0 saturated heterocycles. The Balaban J connectivity index is 2.07. The number of anilines is 1. The molecular weight excluding hydrogens is 194 g/mol. The van der Waals surface area contributed by atoms with Gasteiger partial charge in [0, 0.05) is 11.7 Å². The largest absolute Gasteiger partial charge is 0.379 e. The van der Waals surface area contributed by atoms with Crippen molar-refractivity contribution in [2.45, 2.75) is 45.1 Å². The molecule has 0 heterocycles. The fourth-order valence-corrected chi connectivity index (χ4v) is 2.28. The molecule has 0 bridgehead atoms. The van der Waals surface area contributed by atoms with Crippen molar-refractivity contribution in [1.82, 2.24) is 0 Å². The molecule has 0 amide bonds. The summed E-state index contributed by atoms with van der Waals surface area (Å²) < 4.78 is 0. The standard InChI is InChI=1S/C15H21N/c1-2-8-13-9-6-7-12-15(13)16-14-10-4-3-5-11-14/h4,6-7,9-10,12,14,16H,2-3,5,8,11H2,1H3. The Hall–Kier alpha value is -1.24. The Morgan fingerprint density at radius 1 is 1.31 bits per heavy atom. The van der Waals surface area contributed by atoms with Crippen molar-refractivity contribution in [2.75, 3.05) is 5.32 Å². The van der Waals surface area contributed by atoms with E-state index in [1.54, 1.807) is 0 Å². The molecule has 0 spiro atoms. The third kappa shape index (κ3) is 2.88. The van der Waals surface area contributed by atoms with Crippen LogP contribution in [0.3, 0.4) is 0 Å². The van der Waals surface area contributed by atoms with Crippen molar-refractivity contribution in [3.05, 3.63) is 42.0 Å². The monoisotopic (exact) mass is 215 g/mol. The van der Waals surface area contributed by atoms with E-state index in [2.05, 4.69) is 48.7 Å². The third-order valence-corrected chi connectivity index (χ3v) is 3.13. The van der Waals surface area contributed by atoms with Crippen LogP contribution in [-0.4, -0.2) is 6.04 Å². The lowest BCUT2D eigenvalue weighted by Crippen LogP contribution is -2.19. The summed E-state index contributed by atoms with van der Waals surface area (Å²) in [4.78, 5) is 0. The second-order valence-corrected chi connectivity index (χ2v) is 4.52. The second-order valence-electron chi connectivity index (χ2n) is 4.52. The van der Waals surface area contributed by atoms with Gasteiger partial charge >= 0.3 is 0 Å². The zero-order chi connectivity index (χ0) is 11.2. The minimum Gasteiger partial charge on any atom is -0.379 e. The van der Waals surface area contributed by atoms with Gasteiger partial charge < -0.3 is 5.32 Å². The lowest BCUT2D eigenvalue weighted by atomic mass is 10.0. The summed E-state index contributed by atoms with van der Waals surface area (Å²) in [6.45, 7) is 2.23. The van der Waals surface area contributed by atoms with Gasteiger partial charge in [0.2, 0.25) is 0 Å². The molecule has 0 fully saturated rings. The molecule has 1 heteroatoms. The minimum absolute atomic E-state index is 0.534. The summed E-state index contributed by atoms with van der Waals surface area (Å²) in [5.41, 5.74) is 2.77. The number of rotatable bonds is 4. The first-order chi connectivity index (χ1) is 7.90. The SMILES string of the molecule is CCCc1ccccc1NC1C=CCCC1. The van der Waals surface area contributed by atoms with Crippen LogP contribution in [0.5, 0.6) is 0 Å². The fraction of sp³-hybridized carbons (Fsp3) is 0.467. The van der Waals surface area contributed by atoms with Crippen LogP contribution in [-0.2, 0) is 6.42 Å². The van der Waals surface area contributed by atoms with Crippen LogP contribution in [0.15, 0.2) is 36.4 Å². The summed E-state index contributed by atoms with van der Waals surface area (Å²) in [5.74, 6) is 0. The molecule has 0 aliphatic heterocycles. The molecule has 1 atom stereocenters. The van der Waals surface area contributed by atoms with E-state index >= 15 is 0 Å². The number of allylic oxidation sites excluding steroid dienone is 1. The quantitative estimate of drug-likeness (QED) is 0.744. The van der Waals surface area contributed by atoms with E-state index in [0.717, 1.165) is 0 Å². The van der Waals surface area contributed by atoms with Crippen molar-refractivity contribution in [3.8, 4) is 0 Å². The smallest absolute Gasteiger partial charge is 0.0444 e. The van der Waals surface area contributed by atoms with Gasteiger partial charge in [0.25, 0.3) is 0 Å². The van der Waals surface area contributed by atoms with Gasteiger partial charge in [0.05, 0.1) is 0 Å². The molecule has 1 aliphatic carbocycles. The first kappa shape index (κ1) is 11.3. The molecule has 0 radical (unpaired) electrons. The van der Waals surface area contributed by atoms with E-state index in [-0.39, 0.29) is 0 Å². The molecule has 1 N–H and O–H groups in total. The van der Waals surface area contributed by atoms with E-state index < -0.39 is 0 Å². The minimum atomic E-state index is 0.534. The van der Waals surface area contributed by atoms with Crippen LogP contribution in [0, 0.1) is 0 Å². The van der Waals surface area contributed by atoms with Gasteiger partial charge in [-0.05, 0) is 37.3 Å². The Kier molecular flexibility index (Phi) is 4.03. The van der Waals surface area contributed by atoms with Crippen LogP contribution >= 0.6 is 0 Å². The lowest BCUT2D eigenvalue weighted by Gasteiger charge is -2.21. The molecule has 0 saturated carbocycles. The molecular formula is C15H21N. The second kappa shape index (κ2) is 5.74. The molecule has 1 unspecified atom stereocenters. The molecule has 1 aliphatic rings. The van der Waals surface area contributed by atoms with Crippen LogP contribution in [0.1, 0.15) is 38.2 Å². The van der Waals surface area contributed by atoms with E-state index in [1.165, 1.54) is 43.4 Å². The Morgan fingerprint density at radius 2 is 2.19 bits per heavy atom. The summed E-state index contributed by atoms with van der Waals surface area (Å²) in [6.07, 6.45) is 10.8. The highest BCUT2D eigenvalue weighted by atomic mass is 14.9. The highest BCUT2D eigenvalue weighted by molar-refractivity contribution is 5.52. The Labute approximate surface area is 98.6 Å². The van der Waals surface area contributed by atoms with Gasteiger partial charge in [-0.3, -0.25) is 0 Å². The summed E-state index contributed by atoms with van der Waals surface area (Å²) in [7, 11) is 0. The predicted octanol–water partition coefficient (Wildman–Crippen LogP) is 4.16. The molecule has 1 aromatic carbocycles. The Bertz CT molecular complexity index is 354. The van der Waals surface area contributed by atoms with Crippen molar-refractivity contribution in [2.24, 2.45) is 0 Å². The van der Waals surface area contributed by atoms with Crippen LogP contribution in [0.2, 0.25) is 0 Å². The van der Waals surface area contributed by atoms with Gasteiger partial charge in [-0.25, -0.2) is 0 Å². The van der Waals surface area contributed by atoms with Crippen LogP contribution < -0.4 is 5.32 Å². The maximum absolute atomic E-state index is 3.65. The number of hydrogen-bond acceptors (Lipinski definition) is 1. The number of aryl methyl sites for hydroxylation is 1. The van der Waals surface area contributed by atoms with Gasteiger partial charge in [0.15, 0.2) is 0 Å². The number of hydrogen-bond donors (Lipinski definition) is 1. The number of para-hydroxylation sites is 1. The molecule has 16 heavy (non-hydrogen) atoms. The average Bonchev–Trinajstić information content (AvgIpc) is 2.33. The molecule has 1 aromatic rings. The third-order valence-electron chi connectivity index (χ3n) is 3.13. The topological polar surface area (TPSA) is 12.0 Å². The normalized spacial score (nSPS) is 19.7. The van der Waals surface area contributed by atoms with Crippen LogP contribution in [0.25, 0.3) is 0 Å². The zero-order valence-electron chi connectivity index (χ0n) is 10.1. The highest BCUT2D eigenvalue weighted by Crippen LogP contribution is 2.21. The molecule has 1 nitrogen and oxygen atoms in total. The fourth-order valence-electron chi connectivity index (χ4n) is 2.28. The van der Waals surface area contributed by atoms with Crippen molar-refractivity contribution in [1.29, 1.82) is 0 Å². The van der Waals surface area contributed by atoms with Crippen molar-refractivity contribution >= 4 is 5.69 Å². The number of nitrogens with one attached hydrogen (secondary N) is 1. The average molecular weight is 215 g/mol.